The monoisotopic (exact) mass is 413 g/mol. The largest absolute Gasteiger partial charge is 0.491 e. The lowest BCUT2D eigenvalue weighted by Gasteiger charge is -2.12. The maximum atomic E-state index is 12.2. The van der Waals surface area contributed by atoms with Gasteiger partial charge in [0.15, 0.2) is 11.5 Å². The smallest absolute Gasteiger partial charge is 0.220 e. The summed E-state index contributed by atoms with van der Waals surface area (Å²) in [7, 11) is 0. The first-order chi connectivity index (χ1) is 14.5. The first-order valence-corrected chi connectivity index (χ1v) is 10.9. The molecule has 0 unspecified atom stereocenters. The fourth-order valence-electron chi connectivity index (χ4n) is 3.12. The number of hydrogen-bond acceptors (Lipinski definition) is 4. The van der Waals surface area contributed by atoms with E-state index in [4.69, 9.17) is 14.2 Å². The van der Waals surface area contributed by atoms with Gasteiger partial charge >= 0.3 is 0 Å². The van der Waals surface area contributed by atoms with Gasteiger partial charge in [0.05, 0.1) is 19.3 Å². The number of amides is 1. The molecule has 0 heterocycles. The summed E-state index contributed by atoms with van der Waals surface area (Å²) in [6, 6.07) is 14.0. The first kappa shape index (κ1) is 23.6. The lowest BCUT2D eigenvalue weighted by molar-refractivity contribution is -0.121. The Hall–Kier alpha value is -2.69. The number of nitrogens with one attached hydrogen (secondary N) is 1. The second-order valence-electron chi connectivity index (χ2n) is 7.41. The van der Waals surface area contributed by atoms with Crippen LogP contribution in [-0.2, 0) is 17.6 Å². The van der Waals surface area contributed by atoms with Gasteiger partial charge in [-0.3, -0.25) is 4.79 Å². The predicted octanol–water partition coefficient (Wildman–Crippen LogP) is 4.95. The summed E-state index contributed by atoms with van der Waals surface area (Å²) in [5, 5.41) is 3.01. The zero-order valence-corrected chi connectivity index (χ0v) is 18.7. The minimum atomic E-state index is 0.0718. The number of aryl methyl sites for hydroxylation is 2. The molecule has 5 heteroatoms. The van der Waals surface area contributed by atoms with Crippen LogP contribution in [0, 0.1) is 0 Å². The Kier molecular flexibility index (Phi) is 10.1. The molecule has 0 spiro atoms. The Labute approximate surface area is 180 Å². The van der Waals surface area contributed by atoms with Crippen molar-refractivity contribution < 1.29 is 19.0 Å². The second kappa shape index (κ2) is 12.8. The van der Waals surface area contributed by atoms with E-state index in [1.54, 1.807) is 0 Å². The molecule has 0 aliphatic heterocycles. The van der Waals surface area contributed by atoms with E-state index in [1.807, 2.05) is 58.0 Å². The molecule has 0 fully saturated rings. The molecule has 30 heavy (non-hydrogen) atoms. The Morgan fingerprint density at radius 1 is 0.900 bits per heavy atom. The van der Waals surface area contributed by atoms with Crippen molar-refractivity contribution in [1.29, 1.82) is 0 Å². The number of hydrogen-bond donors (Lipinski definition) is 1. The van der Waals surface area contributed by atoms with Gasteiger partial charge in [0.25, 0.3) is 0 Å². The third-order valence-electron chi connectivity index (χ3n) is 4.51. The van der Waals surface area contributed by atoms with E-state index in [1.165, 1.54) is 5.56 Å². The van der Waals surface area contributed by atoms with Gasteiger partial charge < -0.3 is 19.5 Å². The molecule has 0 aliphatic rings. The van der Waals surface area contributed by atoms with E-state index < -0.39 is 0 Å². The fraction of sp³-hybridized carbons (Fsp3) is 0.480. The maximum absolute atomic E-state index is 12.2. The third-order valence-corrected chi connectivity index (χ3v) is 4.51. The normalized spacial score (nSPS) is 10.7. The van der Waals surface area contributed by atoms with Gasteiger partial charge in [0.2, 0.25) is 5.91 Å². The molecule has 0 saturated heterocycles. The topological polar surface area (TPSA) is 56.8 Å². The van der Waals surface area contributed by atoms with Crippen LogP contribution in [0.2, 0.25) is 0 Å². The molecule has 1 amide bonds. The van der Waals surface area contributed by atoms with Gasteiger partial charge in [-0.25, -0.2) is 0 Å². The standard InChI is InChI=1S/C25H35NO4/c1-5-28-23-15-11-21(18-24(23)29-6-2)12-16-25(27)26-17-7-8-20-9-13-22(14-10-20)30-19(3)4/h9-11,13-15,18-19H,5-8,12,16-17H2,1-4H3,(H,26,27). The molecule has 2 aromatic rings. The van der Waals surface area contributed by atoms with Crippen LogP contribution in [0.4, 0.5) is 0 Å². The molecule has 0 atom stereocenters. The summed E-state index contributed by atoms with van der Waals surface area (Å²) in [6.45, 7) is 9.79. The Balaban J connectivity index is 1.70. The molecule has 0 aliphatic carbocycles. The third kappa shape index (κ3) is 8.36. The Morgan fingerprint density at radius 3 is 2.23 bits per heavy atom. The Bertz CT molecular complexity index is 771. The summed E-state index contributed by atoms with van der Waals surface area (Å²) < 4.78 is 16.9. The molecule has 2 aromatic carbocycles. The van der Waals surface area contributed by atoms with Crippen LogP contribution < -0.4 is 19.5 Å². The number of carbonyl (C=O) groups is 1. The first-order valence-electron chi connectivity index (χ1n) is 10.9. The number of ether oxygens (including phenoxy) is 3. The van der Waals surface area contributed by atoms with E-state index >= 15 is 0 Å². The van der Waals surface area contributed by atoms with E-state index in [-0.39, 0.29) is 12.0 Å². The van der Waals surface area contributed by atoms with E-state index in [9.17, 15) is 4.79 Å². The minimum absolute atomic E-state index is 0.0718. The van der Waals surface area contributed by atoms with Crippen LogP contribution in [0.5, 0.6) is 17.2 Å². The van der Waals surface area contributed by atoms with E-state index in [0.717, 1.165) is 35.7 Å². The van der Waals surface area contributed by atoms with Crippen LogP contribution >= 0.6 is 0 Å². The van der Waals surface area contributed by atoms with Crippen LogP contribution in [-0.4, -0.2) is 31.8 Å². The van der Waals surface area contributed by atoms with Crippen molar-refractivity contribution in [2.75, 3.05) is 19.8 Å². The average molecular weight is 414 g/mol. The summed E-state index contributed by atoms with van der Waals surface area (Å²) >= 11 is 0. The van der Waals surface area contributed by atoms with Gasteiger partial charge in [-0.15, -0.1) is 0 Å². The van der Waals surface area contributed by atoms with Crippen LogP contribution in [0.1, 0.15) is 51.7 Å². The molecular formula is C25H35NO4. The van der Waals surface area contributed by atoms with Crippen molar-refractivity contribution in [3.63, 3.8) is 0 Å². The van der Waals surface area contributed by atoms with Gasteiger partial charge in [-0.2, -0.15) is 0 Å². The van der Waals surface area contributed by atoms with Gasteiger partial charge in [0, 0.05) is 13.0 Å². The summed E-state index contributed by atoms with van der Waals surface area (Å²) in [4.78, 5) is 12.2. The van der Waals surface area contributed by atoms with Crippen molar-refractivity contribution in [2.24, 2.45) is 0 Å². The van der Waals surface area contributed by atoms with Gasteiger partial charge in [0.1, 0.15) is 5.75 Å². The highest BCUT2D eigenvalue weighted by Crippen LogP contribution is 2.29. The summed E-state index contributed by atoms with van der Waals surface area (Å²) in [5.74, 6) is 2.45. The van der Waals surface area contributed by atoms with Crippen LogP contribution in [0.15, 0.2) is 42.5 Å². The van der Waals surface area contributed by atoms with Crippen LogP contribution in [0.3, 0.4) is 0 Å². The minimum Gasteiger partial charge on any atom is -0.491 e. The Morgan fingerprint density at radius 2 is 1.57 bits per heavy atom. The van der Waals surface area contributed by atoms with Gasteiger partial charge in [-0.1, -0.05) is 18.2 Å². The van der Waals surface area contributed by atoms with Crippen molar-refractivity contribution in [3.8, 4) is 17.2 Å². The average Bonchev–Trinajstić information content (AvgIpc) is 2.72. The molecule has 0 aromatic heterocycles. The summed E-state index contributed by atoms with van der Waals surface area (Å²) in [5.41, 5.74) is 2.32. The molecule has 2 rings (SSSR count). The van der Waals surface area contributed by atoms with Crippen molar-refractivity contribution in [2.45, 2.75) is 59.5 Å². The van der Waals surface area contributed by atoms with E-state index in [2.05, 4.69) is 17.4 Å². The van der Waals surface area contributed by atoms with Gasteiger partial charge in [-0.05, 0) is 82.3 Å². The lowest BCUT2D eigenvalue weighted by Crippen LogP contribution is -2.25. The molecular weight excluding hydrogens is 378 g/mol. The molecule has 0 bridgehead atoms. The van der Waals surface area contributed by atoms with Crippen molar-refractivity contribution in [1.82, 2.24) is 5.32 Å². The molecule has 164 valence electrons. The fourth-order valence-corrected chi connectivity index (χ4v) is 3.12. The van der Waals surface area contributed by atoms with E-state index in [0.29, 0.717) is 32.6 Å². The number of carbonyl (C=O) groups excluding carboxylic acids is 1. The summed E-state index contributed by atoms with van der Waals surface area (Å²) in [6.07, 6.45) is 3.16. The zero-order chi connectivity index (χ0) is 21.8. The zero-order valence-electron chi connectivity index (χ0n) is 18.7. The highest BCUT2D eigenvalue weighted by molar-refractivity contribution is 5.76. The molecule has 5 nitrogen and oxygen atoms in total. The predicted molar refractivity (Wildman–Crippen MR) is 121 cm³/mol. The second-order valence-corrected chi connectivity index (χ2v) is 7.41. The van der Waals surface area contributed by atoms with Crippen molar-refractivity contribution >= 4 is 5.91 Å². The molecule has 0 radical (unpaired) electrons. The SMILES string of the molecule is CCOc1ccc(CCC(=O)NCCCc2ccc(OC(C)C)cc2)cc1OCC. The maximum Gasteiger partial charge on any atom is 0.220 e. The lowest BCUT2D eigenvalue weighted by atomic mass is 10.1. The van der Waals surface area contributed by atoms with Crippen LogP contribution in [0.25, 0.3) is 0 Å². The molecule has 0 saturated carbocycles. The number of rotatable bonds is 13. The molecule has 1 N–H and O–H groups in total. The highest BCUT2D eigenvalue weighted by Gasteiger charge is 2.08. The quantitative estimate of drug-likeness (QED) is 0.472. The van der Waals surface area contributed by atoms with Crippen molar-refractivity contribution in [3.05, 3.63) is 53.6 Å². The highest BCUT2D eigenvalue weighted by atomic mass is 16.5. The number of benzene rings is 2.